The number of amides is 1. The van der Waals surface area contributed by atoms with Crippen molar-refractivity contribution in [3.05, 3.63) is 314 Å². The number of nitrogens with one attached hydrogen (secondary N) is 1. The molecule has 4 aromatic heterocycles. The molecule has 1 aliphatic rings. The van der Waals surface area contributed by atoms with Crippen LogP contribution in [0.4, 0.5) is 14.9 Å². The molecule has 0 spiro atoms. The van der Waals surface area contributed by atoms with E-state index in [1.807, 2.05) is 219 Å². The number of benzene rings is 9. The fraction of sp³-hybridized carbons (Fsp3) is 0.293. The average Bonchev–Trinajstić information content (AvgIpc) is 1.67. The summed E-state index contributed by atoms with van der Waals surface area (Å²) in [4.78, 5) is 18.1. The Bertz CT molecular complexity index is 5180. The van der Waals surface area contributed by atoms with Crippen LogP contribution in [0.3, 0.4) is 0 Å². The number of anilines is 1. The zero-order valence-corrected chi connectivity index (χ0v) is 82.1. The van der Waals surface area contributed by atoms with Gasteiger partial charge in [0.1, 0.15) is 54.5 Å². The number of halogens is 3. The molecule has 0 unspecified atom stereocenters. The first-order valence-electron chi connectivity index (χ1n) is 42.4. The average molecular weight is 2000 g/mol. The number of nitrogens with two attached hydrogens (primary N) is 2. The van der Waals surface area contributed by atoms with E-state index in [-0.39, 0.29) is 11.9 Å². The number of hydrogen-bond donors (Lipinski definition) is 10. The number of methoxy groups -OCH3 is 6. The van der Waals surface area contributed by atoms with Crippen molar-refractivity contribution < 1.29 is 77.5 Å². The molecule has 1 aliphatic heterocycles. The number of alkyl halides is 1. The van der Waals surface area contributed by atoms with Crippen LogP contribution in [0.25, 0.3) is 10.4 Å². The molecule has 13 aromatic rings. The SMILES string of the molecule is C#CCN.CCN.CCN(Cc1ccc(B(O)O)cc1)B(C)O.CCNCc1ccc(B(O)O)cc1.COc1ccc(B(O)O)cc1.COc1ccc(CCl)cc1.COc1ccc(CN=[N+]=[N-])cc1.COc1ccc(Cn2ccnn2)cc1.COc1ccc(Cn2ccnn2)cc1.COc1ccc(Cn2ccnn2)cc1.C[Si](C)(C)c1cn(C[C@H]2CN(c3ccc(I)c(F)c3)C(=O)O2)nn1. The first-order valence-corrected chi connectivity index (χ1v) is 47.5. The Morgan fingerprint density at radius 3 is 1.23 bits per heavy atom. The Kier molecular flexibility index (Phi) is 56.1. The van der Waals surface area contributed by atoms with Crippen LogP contribution in [-0.4, -0.2) is 224 Å². The smallest absolute Gasteiger partial charge is 0.488 e. The highest BCUT2D eigenvalue weighted by molar-refractivity contribution is 14.1. The number of nitrogens with zero attached hydrogens (tertiary/aromatic N) is 17. The quantitative estimate of drug-likeness (QED) is 0.00397. The molecule has 1 fully saturated rings. The van der Waals surface area contributed by atoms with Gasteiger partial charge >= 0.3 is 34.5 Å². The number of ether oxygens (including phenoxy) is 7. The maximum atomic E-state index is 13.7. The normalized spacial score (nSPS) is 11.1. The molecule has 1 amide bonds. The van der Waals surface area contributed by atoms with Gasteiger partial charge in [-0.05, 0) is 201 Å². The first kappa shape index (κ1) is 115. The Hall–Kier alpha value is -12.5. The van der Waals surface area contributed by atoms with Gasteiger partial charge in [-0.25, -0.2) is 27.9 Å². The second-order valence-electron chi connectivity index (χ2n) is 29.5. The van der Waals surface area contributed by atoms with Crippen molar-refractivity contribution >= 4 is 104 Å². The van der Waals surface area contributed by atoms with E-state index in [2.05, 4.69) is 88.6 Å². The molecular formula is C92H121B4ClFIN20O15Si. The van der Waals surface area contributed by atoms with Crippen LogP contribution in [0.5, 0.6) is 34.5 Å². The van der Waals surface area contributed by atoms with Crippen molar-refractivity contribution in [3.63, 3.8) is 0 Å². The number of azide groups is 1. The number of aromatic nitrogens is 12. The van der Waals surface area contributed by atoms with Gasteiger partial charge in [-0.15, -0.1) is 38.4 Å². The van der Waals surface area contributed by atoms with Crippen LogP contribution < -0.4 is 71.8 Å². The zero-order chi connectivity index (χ0) is 99.3. The topological polar surface area (TPSA) is 465 Å². The largest absolute Gasteiger partial charge is 0.497 e. The zero-order valence-electron chi connectivity index (χ0n) is 78.2. The van der Waals surface area contributed by atoms with Gasteiger partial charge in [-0.2, -0.15) is 0 Å². The summed E-state index contributed by atoms with van der Waals surface area (Å²) >= 11 is 7.49. The van der Waals surface area contributed by atoms with Crippen LogP contribution in [0.1, 0.15) is 59.7 Å². The lowest BCUT2D eigenvalue weighted by Gasteiger charge is -2.21. The summed E-state index contributed by atoms with van der Waals surface area (Å²) in [5.74, 6) is 7.40. The van der Waals surface area contributed by atoms with E-state index in [4.69, 9.17) is 91.9 Å². The Morgan fingerprint density at radius 2 is 0.926 bits per heavy atom. The van der Waals surface area contributed by atoms with E-state index >= 15 is 0 Å². The maximum absolute atomic E-state index is 13.7. The molecule has 0 radical (unpaired) electrons. The third-order valence-electron chi connectivity index (χ3n) is 18.5. The minimum absolute atomic E-state index is 0.337. The lowest BCUT2D eigenvalue weighted by Crippen LogP contribution is -2.38. The molecule has 0 saturated carbocycles. The maximum Gasteiger partial charge on any atom is 0.488 e. The third-order valence-corrected chi connectivity index (χ3v) is 21.4. The Labute approximate surface area is 809 Å². The number of rotatable bonds is 29. The van der Waals surface area contributed by atoms with Crippen molar-refractivity contribution in [1.82, 2.24) is 70.1 Å². The summed E-state index contributed by atoms with van der Waals surface area (Å²) in [6, 6.07) is 64.3. The van der Waals surface area contributed by atoms with Gasteiger partial charge in [0.15, 0.2) is 0 Å². The molecule has 14 rings (SSSR count). The van der Waals surface area contributed by atoms with Gasteiger partial charge in [0, 0.05) is 52.2 Å². The first-order chi connectivity index (χ1) is 64.9. The van der Waals surface area contributed by atoms with Crippen molar-refractivity contribution in [2.24, 2.45) is 16.6 Å². The lowest BCUT2D eigenvalue weighted by atomic mass is 9.80. The molecule has 5 heterocycles. The minimum Gasteiger partial charge on any atom is -0.497 e. The van der Waals surface area contributed by atoms with Crippen LogP contribution in [-0.2, 0) is 56.4 Å². The molecule has 1 atom stereocenters. The summed E-state index contributed by atoms with van der Waals surface area (Å²) in [5.41, 5.74) is 27.5. The van der Waals surface area contributed by atoms with Gasteiger partial charge in [0.05, 0.1) is 118 Å². The molecule has 1 saturated heterocycles. The van der Waals surface area contributed by atoms with Crippen LogP contribution >= 0.6 is 34.2 Å². The molecular weight excluding hydrogens is 1880 g/mol. The fourth-order valence-corrected chi connectivity index (χ4v) is 12.5. The number of cyclic esters (lactones) is 1. The second kappa shape index (κ2) is 66.0. The summed E-state index contributed by atoms with van der Waals surface area (Å²) < 4.78 is 56.7. The van der Waals surface area contributed by atoms with E-state index in [0.717, 1.165) is 102 Å². The van der Waals surface area contributed by atoms with Crippen molar-refractivity contribution in [3.8, 4) is 46.8 Å². The van der Waals surface area contributed by atoms with E-state index < -0.39 is 42.6 Å². The van der Waals surface area contributed by atoms with Gasteiger partial charge in [0.25, 0.3) is 0 Å². The van der Waals surface area contributed by atoms with E-state index in [9.17, 15) is 14.2 Å². The number of hydrogen-bond acceptors (Lipinski definition) is 28. The van der Waals surface area contributed by atoms with Gasteiger partial charge in [-0.3, -0.25) is 4.90 Å². The summed E-state index contributed by atoms with van der Waals surface area (Å²) in [5, 5.41) is 101. The minimum atomic E-state index is -1.51. The standard InChI is InChI=1S/C15H18FIN4O2Si.C10H17B2NO3.3C10H11N3O.C9H14BNO2.C8H9ClO.C8H9N3O.C7H9BO3.C3H5N.C2H7N/c1-24(2,3)14-9-20(19-18-14)7-11-8-21(15(22)23-11)10-4-5-13(17)12(16)6-10;1-3-13(11(2)14)8-9-4-6-10(7-5-9)12(15)16;3*1-14-10-4-2-9(3-5-10)8-13-7-6-11-12-13;1-2-11-7-8-3-5-9(6-4-8)10(12)13;1-10-8-4-2-7(6-9)3-5-8;1-12-8-4-2-7(3-5-8)6-10-11-9;1-11-7-4-2-6(3-5-7)8(9)10;1-2-3-4;1-2-3/h4-6,9,11H,7-8H2,1-3H3;4-7,14-16H,3,8H2,1-2H3;3*2-7H,8H2,1H3;3-6,11-13H,2,7H2,1H3;2-5H,6H2,1H3;2-5H,6H2,1H3;2-5,9-10H,1H3;1H,3-4H2;2-3H2,1H3/t11-;;;;;;;;;;/m0........../s1. The molecule has 0 aliphatic carbocycles. The summed E-state index contributed by atoms with van der Waals surface area (Å²) in [7, 11) is 3.61. The Balaban J connectivity index is 0.000000318. The molecule has 43 heteroatoms. The van der Waals surface area contributed by atoms with Gasteiger partial charge in [0.2, 0.25) is 0 Å². The summed E-state index contributed by atoms with van der Waals surface area (Å²) in [6.45, 7) is 21.9. The highest BCUT2D eigenvalue weighted by Gasteiger charge is 2.34. The van der Waals surface area contributed by atoms with Crippen molar-refractivity contribution in [1.29, 1.82) is 0 Å². The van der Waals surface area contributed by atoms with Crippen LogP contribution in [0, 0.1) is 21.7 Å². The van der Waals surface area contributed by atoms with E-state index in [1.54, 1.807) is 147 Å². The Morgan fingerprint density at radius 1 is 0.570 bits per heavy atom. The highest BCUT2D eigenvalue weighted by Crippen LogP contribution is 2.26. The molecule has 9 aromatic carbocycles. The second-order valence-corrected chi connectivity index (χ2v) is 36.0. The monoisotopic (exact) mass is 2000 g/mol. The van der Waals surface area contributed by atoms with Crippen molar-refractivity contribution in [2.45, 2.75) is 105 Å². The molecule has 716 valence electrons. The molecule has 0 bridgehead atoms. The number of carbonyl (C=O) groups is 1. The van der Waals surface area contributed by atoms with Gasteiger partial charge < -0.3 is 89.9 Å². The fourth-order valence-electron chi connectivity index (χ4n) is 11.1. The van der Waals surface area contributed by atoms with E-state index in [1.165, 1.54) is 27.7 Å². The summed E-state index contributed by atoms with van der Waals surface area (Å²) in [6.07, 6.45) is 16.3. The molecule has 35 nitrogen and oxygen atoms in total. The third kappa shape index (κ3) is 46.3. The predicted molar refractivity (Wildman–Crippen MR) is 540 cm³/mol. The van der Waals surface area contributed by atoms with Crippen LogP contribution in [0.15, 0.2) is 261 Å². The van der Waals surface area contributed by atoms with Gasteiger partial charge in [-0.1, -0.05) is 194 Å². The highest BCUT2D eigenvalue weighted by atomic mass is 127. The predicted octanol–water partition coefficient (Wildman–Crippen LogP) is 9.23. The number of carbonyl (C=O) groups excluding carboxylic acids is 1. The lowest BCUT2D eigenvalue weighted by molar-refractivity contribution is 0.129. The van der Waals surface area contributed by atoms with Crippen molar-refractivity contribution in [2.75, 3.05) is 80.3 Å². The van der Waals surface area contributed by atoms with Crippen LogP contribution in [0.2, 0.25) is 26.5 Å². The molecule has 12 N–H and O–H groups in total. The molecule has 135 heavy (non-hydrogen) atoms. The number of terminal acetylenes is 1. The van der Waals surface area contributed by atoms with E-state index in [0.29, 0.717) is 70.0 Å².